The van der Waals surface area contributed by atoms with E-state index in [9.17, 15) is 9.18 Å². The molecule has 0 unspecified atom stereocenters. The third-order valence-electron chi connectivity index (χ3n) is 4.00. The first-order valence-corrected chi connectivity index (χ1v) is 7.82. The maximum absolute atomic E-state index is 13.5. The van der Waals surface area contributed by atoms with E-state index in [1.807, 2.05) is 12.1 Å². The predicted molar refractivity (Wildman–Crippen MR) is 85.8 cm³/mol. The quantitative estimate of drug-likeness (QED) is 0.783. The van der Waals surface area contributed by atoms with Gasteiger partial charge in [-0.15, -0.1) is 0 Å². The summed E-state index contributed by atoms with van der Waals surface area (Å²) in [6.45, 7) is 3.21. The van der Waals surface area contributed by atoms with Gasteiger partial charge in [-0.2, -0.15) is 0 Å². The molecule has 1 aliphatic heterocycles. The van der Waals surface area contributed by atoms with Crippen molar-refractivity contribution in [2.45, 2.75) is 19.4 Å². The molecule has 3 rings (SSSR count). The second-order valence-corrected chi connectivity index (χ2v) is 6.05. The van der Waals surface area contributed by atoms with E-state index in [1.54, 1.807) is 18.2 Å². The lowest BCUT2D eigenvalue weighted by molar-refractivity contribution is 0.103. The SMILES string of the molecule is O=C(c1ccc(CN2CCCC2)cc1)c1ccc(Cl)c(F)c1. The van der Waals surface area contributed by atoms with Gasteiger partial charge in [-0.1, -0.05) is 35.9 Å². The van der Waals surface area contributed by atoms with E-state index in [1.165, 1.54) is 30.5 Å². The summed E-state index contributed by atoms with van der Waals surface area (Å²) < 4.78 is 13.5. The van der Waals surface area contributed by atoms with Crippen LogP contribution in [-0.2, 0) is 6.54 Å². The van der Waals surface area contributed by atoms with Crippen molar-refractivity contribution < 1.29 is 9.18 Å². The zero-order valence-electron chi connectivity index (χ0n) is 12.2. The van der Waals surface area contributed by atoms with Gasteiger partial charge in [0.1, 0.15) is 5.82 Å². The van der Waals surface area contributed by atoms with Gasteiger partial charge in [0, 0.05) is 17.7 Å². The number of ketones is 1. The molecule has 1 fully saturated rings. The molecule has 0 amide bonds. The molecule has 0 bridgehead atoms. The molecule has 1 heterocycles. The minimum atomic E-state index is -0.571. The molecule has 114 valence electrons. The number of hydrogen-bond acceptors (Lipinski definition) is 2. The fourth-order valence-electron chi connectivity index (χ4n) is 2.76. The summed E-state index contributed by atoms with van der Waals surface area (Å²) in [5, 5.41) is 0.0255. The lowest BCUT2D eigenvalue weighted by Gasteiger charge is -2.14. The van der Waals surface area contributed by atoms with Crippen molar-refractivity contribution in [2.75, 3.05) is 13.1 Å². The van der Waals surface area contributed by atoms with Gasteiger partial charge in [0.2, 0.25) is 0 Å². The summed E-state index contributed by atoms with van der Waals surface area (Å²) in [6, 6.07) is 11.7. The number of hydrogen-bond donors (Lipinski definition) is 0. The topological polar surface area (TPSA) is 20.3 Å². The summed E-state index contributed by atoms with van der Waals surface area (Å²) in [6.07, 6.45) is 2.53. The molecule has 22 heavy (non-hydrogen) atoms. The minimum Gasteiger partial charge on any atom is -0.299 e. The Labute approximate surface area is 134 Å². The summed E-state index contributed by atoms with van der Waals surface area (Å²) in [5.74, 6) is -0.763. The van der Waals surface area contributed by atoms with Crippen molar-refractivity contribution in [3.8, 4) is 0 Å². The average Bonchev–Trinajstić information content (AvgIpc) is 3.03. The molecule has 0 N–H and O–H groups in total. The number of carbonyl (C=O) groups excluding carboxylic acids is 1. The number of nitrogens with zero attached hydrogens (tertiary/aromatic N) is 1. The van der Waals surface area contributed by atoms with Crippen LogP contribution in [-0.4, -0.2) is 23.8 Å². The van der Waals surface area contributed by atoms with Crippen LogP contribution in [0.25, 0.3) is 0 Å². The normalized spacial score (nSPS) is 15.2. The third kappa shape index (κ3) is 3.37. The van der Waals surface area contributed by atoms with E-state index >= 15 is 0 Å². The summed E-state index contributed by atoms with van der Waals surface area (Å²) in [4.78, 5) is 14.8. The van der Waals surface area contributed by atoms with Gasteiger partial charge in [-0.3, -0.25) is 9.69 Å². The second kappa shape index (κ2) is 6.59. The van der Waals surface area contributed by atoms with Crippen molar-refractivity contribution in [2.24, 2.45) is 0 Å². The van der Waals surface area contributed by atoms with Crippen LogP contribution in [0.3, 0.4) is 0 Å². The Bertz CT molecular complexity index is 678. The molecule has 0 saturated carbocycles. The molecular formula is C18H17ClFNO. The number of benzene rings is 2. The highest BCUT2D eigenvalue weighted by molar-refractivity contribution is 6.30. The summed E-state index contributed by atoms with van der Waals surface area (Å²) in [7, 11) is 0. The third-order valence-corrected chi connectivity index (χ3v) is 4.31. The number of likely N-dealkylation sites (tertiary alicyclic amines) is 1. The first-order valence-electron chi connectivity index (χ1n) is 7.44. The standard InChI is InChI=1S/C18H17ClFNO/c19-16-8-7-15(11-17(16)20)18(22)14-5-3-13(4-6-14)12-21-9-1-2-10-21/h3-8,11H,1-2,9-10,12H2. The summed E-state index contributed by atoms with van der Waals surface area (Å²) in [5.41, 5.74) is 2.07. The van der Waals surface area contributed by atoms with Crippen LogP contribution in [0.5, 0.6) is 0 Å². The Hall–Kier alpha value is -1.71. The molecule has 0 radical (unpaired) electrons. The van der Waals surface area contributed by atoms with E-state index in [-0.39, 0.29) is 10.8 Å². The molecular weight excluding hydrogens is 301 g/mol. The van der Waals surface area contributed by atoms with Crippen molar-refractivity contribution in [3.63, 3.8) is 0 Å². The smallest absolute Gasteiger partial charge is 0.193 e. The van der Waals surface area contributed by atoms with Gasteiger partial charge in [-0.25, -0.2) is 4.39 Å². The average molecular weight is 318 g/mol. The van der Waals surface area contributed by atoms with Crippen LogP contribution < -0.4 is 0 Å². The van der Waals surface area contributed by atoms with Gasteiger partial charge in [0.25, 0.3) is 0 Å². The Morgan fingerprint density at radius 1 is 1.05 bits per heavy atom. The van der Waals surface area contributed by atoms with Gasteiger partial charge in [-0.05, 0) is 49.7 Å². The van der Waals surface area contributed by atoms with Crippen LogP contribution in [0.4, 0.5) is 4.39 Å². The first-order chi connectivity index (χ1) is 10.6. The number of carbonyl (C=O) groups is 1. The van der Waals surface area contributed by atoms with Gasteiger partial charge in [0.15, 0.2) is 5.78 Å². The maximum atomic E-state index is 13.5. The molecule has 2 nitrogen and oxygen atoms in total. The zero-order chi connectivity index (χ0) is 15.5. The molecule has 0 spiro atoms. The van der Waals surface area contributed by atoms with E-state index in [0.29, 0.717) is 11.1 Å². The highest BCUT2D eigenvalue weighted by Gasteiger charge is 2.14. The largest absolute Gasteiger partial charge is 0.299 e. The fourth-order valence-corrected chi connectivity index (χ4v) is 2.88. The van der Waals surface area contributed by atoms with Crippen LogP contribution in [0.1, 0.15) is 34.3 Å². The van der Waals surface area contributed by atoms with E-state index < -0.39 is 5.82 Å². The Balaban J connectivity index is 1.73. The van der Waals surface area contributed by atoms with Crippen LogP contribution >= 0.6 is 11.6 Å². The molecule has 4 heteroatoms. The second-order valence-electron chi connectivity index (χ2n) is 5.64. The van der Waals surface area contributed by atoms with Gasteiger partial charge in [0.05, 0.1) is 5.02 Å². The Morgan fingerprint density at radius 2 is 1.68 bits per heavy atom. The summed E-state index contributed by atoms with van der Waals surface area (Å²) >= 11 is 5.64. The molecule has 0 atom stereocenters. The molecule has 1 aliphatic rings. The van der Waals surface area contributed by atoms with Crippen molar-refractivity contribution in [1.82, 2.24) is 4.90 Å². The van der Waals surface area contributed by atoms with E-state index in [0.717, 1.165) is 19.6 Å². The molecule has 1 saturated heterocycles. The maximum Gasteiger partial charge on any atom is 0.193 e. The fraction of sp³-hybridized carbons (Fsp3) is 0.278. The zero-order valence-corrected chi connectivity index (χ0v) is 12.9. The predicted octanol–water partition coefficient (Wildman–Crippen LogP) is 4.31. The van der Waals surface area contributed by atoms with Crippen LogP contribution in [0, 0.1) is 5.82 Å². The van der Waals surface area contributed by atoms with Crippen LogP contribution in [0.15, 0.2) is 42.5 Å². The number of halogens is 2. The minimum absolute atomic E-state index is 0.0255. The van der Waals surface area contributed by atoms with Gasteiger partial charge < -0.3 is 0 Å². The molecule has 0 aromatic heterocycles. The van der Waals surface area contributed by atoms with E-state index in [4.69, 9.17) is 11.6 Å². The highest BCUT2D eigenvalue weighted by atomic mass is 35.5. The lowest BCUT2D eigenvalue weighted by Crippen LogP contribution is -2.18. The lowest BCUT2D eigenvalue weighted by atomic mass is 10.0. The molecule has 2 aromatic carbocycles. The molecule has 2 aromatic rings. The van der Waals surface area contributed by atoms with Crippen molar-refractivity contribution >= 4 is 17.4 Å². The Morgan fingerprint density at radius 3 is 2.32 bits per heavy atom. The van der Waals surface area contributed by atoms with Crippen molar-refractivity contribution in [1.29, 1.82) is 0 Å². The first kappa shape index (κ1) is 15.2. The number of rotatable bonds is 4. The van der Waals surface area contributed by atoms with Gasteiger partial charge >= 0.3 is 0 Å². The van der Waals surface area contributed by atoms with Crippen molar-refractivity contribution in [3.05, 3.63) is 70.0 Å². The van der Waals surface area contributed by atoms with E-state index in [2.05, 4.69) is 4.90 Å². The van der Waals surface area contributed by atoms with Crippen LogP contribution in [0.2, 0.25) is 5.02 Å². The molecule has 0 aliphatic carbocycles. The highest BCUT2D eigenvalue weighted by Crippen LogP contribution is 2.19. The monoisotopic (exact) mass is 317 g/mol. The Kier molecular flexibility index (Phi) is 4.55.